The van der Waals surface area contributed by atoms with Crippen molar-refractivity contribution >= 4 is 11.9 Å². The minimum absolute atomic E-state index is 0.144. The standard InChI is InChI=1S/C17H25NO4/c1-3-5-6-15(17(20)21)18-16(19)11-12-22-14-9-7-13(4-2)8-10-14/h7-10,15H,3-6,11-12H2,1-2H3,(H,18,19)(H,20,21). The van der Waals surface area contributed by atoms with Crippen molar-refractivity contribution in [2.24, 2.45) is 0 Å². The average molecular weight is 307 g/mol. The predicted octanol–water partition coefficient (Wildman–Crippen LogP) is 2.78. The molecule has 22 heavy (non-hydrogen) atoms. The minimum atomic E-state index is -0.988. The molecular weight excluding hydrogens is 282 g/mol. The molecule has 0 spiro atoms. The molecule has 1 aromatic carbocycles. The number of amides is 1. The van der Waals surface area contributed by atoms with E-state index >= 15 is 0 Å². The number of carbonyl (C=O) groups excluding carboxylic acids is 1. The summed E-state index contributed by atoms with van der Waals surface area (Å²) in [5.74, 6) is -0.572. The molecule has 1 atom stereocenters. The van der Waals surface area contributed by atoms with Gasteiger partial charge in [0.2, 0.25) is 5.91 Å². The Morgan fingerprint density at radius 2 is 1.91 bits per heavy atom. The third-order valence-corrected chi connectivity index (χ3v) is 3.41. The number of unbranched alkanes of at least 4 members (excludes halogenated alkanes) is 1. The van der Waals surface area contributed by atoms with Crippen LogP contribution in [0.15, 0.2) is 24.3 Å². The minimum Gasteiger partial charge on any atom is -0.493 e. The average Bonchev–Trinajstić information content (AvgIpc) is 2.51. The van der Waals surface area contributed by atoms with Gasteiger partial charge in [-0.2, -0.15) is 0 Å². The van der Waals surface area contributed by atoms with Crippen LogP contribution in [-0.2, 0) is 16.0 Å². The first-order chi connectivity index (χ1) is 10.6. The molecule has 1 unspecified atom stereocenters. The first-order valence-corrected chi connectivity index (χ1v) is 7.80. The van der Waals surface area contributed by atoms with Crippen LogP contribution in [0.3, 0.4) is 0 Å². The summed E-state index contributed by atoms with van der Waals surface area (Å²) in [6.07, 6.45) is 3.24. The zero-order valence-corrected chi connectivity index (χ0v) is 13.3. The number of rotatable bonds is 10. The Bertz CT molecular complexity index is 470. The lowest BCUT2D eigenvalue weighted by atomic mass is 10.1. The molecule has 0 aliphatic carbocycles. The molecule has 5 heteroatoms. The molecule has 0 saturated heterocycles. The fourth-order valence-corrected chi connectivity index (χ4v) is 2.02. The van der Waals surface area contributed by atoms with Crippen LogP contribution in [0.5, 0.6) is 5.75 Å². The Labute approximate surface area is 131 Å². The van der Waals surface area contributed by atoms with Crippen molar-refractivity contribution in [1.82, 2.24) is 5.32 Å². The third kappa shape index (κ3) is 6.61. The Balaban J connectivity index is 2.33. The Morgan fingerprint density at radius 3 is 2.45 bits per heavy atom. The van der Waals surface area contributed by atoms with Gasteiger partial charge < -0.3 is 15.2 Å². The van der Waals surface area contributed by atoms with E-state index in [4.69, 9.17) is 9.84 Å². The fourth-order valence-electron chi connectivity index (χ4n) is 2.02. The summed E-state index contributed by atoms with van der Waals surface area (Å²) >= 11 is 0. The number of hydrogen-bond donors (Lipinski definition) is 2. The molecule has 1 amide bonds. The maximum absolute atomic E-state index is 11.8. The smallest absolute Gasteiger partial charge is 0.326 e. The quantitative estimate of drug-likeness (QED) is 0.697. The number of ether oxygens (including phenoxy) is 1. The molecule has 0 fully saturated rings. The highest BCUT2D eigenvalue weighted by Gasteiger charge is 2.18. The van der Waals surface area contributed by atoms with Crippen molar-refractivity contribution in [2.75, 3.05) is 6.61 Å². The van der Waals surface area contributed by atoms with Crippen LogP contribution >= 0.6 is 0 Å². The van der Waals surface area contributed by atoms with Crippen molar-refractivity contribution in [3.8, 4) is 5.75 Å². The van der Waals surface area contributed by atoms with Gasteiger partial charge in [-0.1, -0.05) is 38.8 Å². The van der Waals surface area contributed by atoms with Gasteiger partial charge in [-0.05, 0) is 30.5 Å². The molecule has 1 rings (SSSR count). The Hall–Kier alpha value is -2.04. The molecule has 0 saturated carbocycles. The number of carboxylic acid groups (broad SMARTS) is 1. The van der Waals surface area contributed by atoms with Crippen molar-refractivity contribution in [1.29, 1.82) is 0 Å². The molecule has 122 valence electrons. The summed E-state index contributed by atoms with van der Waals surface area (Å²) in [5, 5.41) is 11.6. The van der Waals surface area contributed by atoms with Gasteiger partial charge in [-0.3, -0.25) is 4.79 Å². The van der Waals surface area contributed by atoms with E-state index in [1.165, 1.54) is 5.56 Å². The lowest BCUT2D eigenvalue weighted by Crippen LogP contribution is -2.41. The summed E-state index contributed by atoms with van der Waals surface area (Å²) < 4.78 is 5.49. The summed E-state index contributed by atoms with van der Waals surface area (Å²) in [4.78, 5) is 22.8. The summed E-state index contributed by atoms with van der Waals surface area (Å²) in [5.41, 5.74) is 1.23. The molecule has 0 heterocycles. The number of aliphatic carboxylic acids is 1. The van der Waals surface area contributed by atoms with E-state index < -0.39 is 12.0 Å². The topological polar surface area (TPSA) is 75.6 Å². The number of nitrogens with one attached hydrogen (secondary N) is 1. The number of carbonyl (C=O) groups is 2. The number of hydrogen-bond acceptors (Lipinski definition) is 3. The van der Waals surface area contributed by atoms with Gasteiger partial charge in [0.25, 0.3) is 0 Å². The maximum Gasteiger partial charge on any atom is 0.326 e. The molecule has 0 aromatic heterocycles. The van der Waals surface area contributed by atoms with Crippen LogP contribution in [0, 0.1) is 0 Å². The first-order valence-electron chi connectivity index (χ1n) is 7.80. The predicted molar refractivity (Wildman–Crippen MR) is 85.0 cm³/mol. The second kappa shape index (κ2) is 9.82. The molecular formula is C17H25NO4. The summed E-state index contributed by atoms with van der Waals surface area (Å²) in [7, 11) is 0. The largest absolute Gasteiger partial charge is 0.493 e. The Morgan fingerprint density at radius 1 is 1.23 bits per heavy atom. The van der Waals surface area contributed by atoms with Gasteiger partial charge in [0.05, 0.1) is 13.0 Å². The number of benzene rings is 1. The highest BCUT2D eigenvalue weighted by molar-refractivity contribution is 5.83. The van der Waals surface area contributed by atoms with Crippen LogP contribution in [-0.4, -0.2) is 29.6 Å². The van der Waals surface area contributed by atoms with Gasteiger partial charge in [0.15, 0.2) is 0 Å². The van der Waals surface area contributed by atoms with Gasteiger partial charge in [0.1, 0.15) is 11.8 Å². The maximum atomic E-state index is 11.8. The third-order valence-electron chi connectivity index (χ3n) is 3.41. The highest BCUT2D eigenvalue weighted by Crippen LogP contribution is 2.12. The van der Waals surface area contributed by atoms with E-state index in [0.29, 0.717) is 12.2 Å². The van der Waals surface area contributed by atoms with E-state index in [1.54, 1.807) is 0 Å². The molecule has 0 radical (unpaired) electrons. The summed E-state index contributed by atoms with van der Waals surface area (Å²) in [6, 6.07) is 6.91. The van der Waals surface area contributed by atoms with Crippen LogP contribution in [0.25, 0.3) is 0 Å². The van der Waals surface area contributed by atoms with Crippen molar-refractivity contribution in [3.05, 3.63) is 29.8 Å². The van der Waals surface area contributed by atoms with Gasteiger partial charge in [0, 0.05) is 0 Å². The molecule has 0 bridgehead atoms. The monoisotopic (exact) mass is 307 g/mol. The van der Waals surface area contributed by atoms with Crippen molar-refractivity contribution < 1.29 is 19.4 Å². The SMILES string of the molecule is CCCCC(NC(=O)CCOc1ccc(CC)cc1)C(=O)O. The van der Waals surface area contributed by atoms with E-state index in [-0.39, 0.29) is 18.9 Å². The number of carboxylic acids is 1. The molecule has 5 nitrogen and oxygen atoms in total. The van der Waals surface area contributed by atoms with E-state index in [0.717, 1.165) is 19.3 Å². The van der Waals surface area contributed by atoms with Gasteiger partial charge >= 0.3 is 5.97 Å². The van der Waals surface area contributed by atoms with Crippen LogP contribution in [0.1, 0.15) is 45.1 Å². The molecule has 0 aliphatic rings. The zero-order chi connectivity index (χ0) is 16.4. The van der Waals surface area contributed by atoms with Gasteiger partial charge in [-0.25, -0.2) is 4.79 Å². The zero-order valence-electron chi connectivity index (χ0n) is 13.3. The second-order valence-corrected chi connectivity index (χ2v) is 5.20. The molecule has 0 aliphatic heterocycles. The molecule has 2 N–H and O–H groups in total. The lowest BCUT2D eigenvalue weighted by molar-refractivity contribution is -0.142. The van der Waals surface area contributed by atoms with Crippen LogP contribution in [0.4, 0.5) is 0 Å². The van der Waals surface area contributed by atoms with Crippen LogP contribution < -0.4 is 10.1 Å². The van der Waals surface area contributed by atoms with E-state index in [1.807, 2.05) is 31.2 Å². The first kappa shape index (κ1) is 18.0. The second-order valence-electron chi connectivity index (χ2n) is 5.20. The fraction of sp³-hybridized carbons (Fsp3) is 0.529. The van der Waals surface area contributed by atoms with E-state index in [2.05, 4.69) is 12.2 Å². The molecule has 1 aromatic rings. The number of aryl methyl sites for hydroxylation is 1. The lowest BCUT2D eigenvalue weighted by Gasteiger charge is -2.14. The van der Waals surface area contributed by atoms with E-state index in [9.17, 15) is 9.59 Å². The normalized spacial score (nSPS) is 11.7. The van der Waals surface area contributed by atoms with Crippen molar-refractivity contribution in [2.45, 2.75) is 52.0 Å². The Kier molecular flexibility index (Phi) is 8.04. The summed E-state index contributed by atoms with van der Waals surface area (Å²) in [6.45, 7) is 4.30. The highest BCUT2D eigenvalue weighted by atomic mass is 16.5. The van der Waals surface area contributed by atoms with Crippen molar-refractivity contribution in [3.63, 3.8) is 0 Å². The van der Waals surface area contributed by atoms with Gasteiger partial charge in [-0.15, -0.1) is 0 Å². The van der Waals surface area contributed by atoms with Crippen LogP contribution in [0.2, 0.25) is 0 Å².